The predicted molar refractivity (Wildman–Crippen MR) is 35.3 cm³/mol. The van der Waals surface area contributed by atoms with E-state index in [1.54, 1.807) is 7.05 Å². The monoisotopic (exact) mass is 151 g/mol. The molecular formula is C5H13NO4. The molecule has 0 spiro atoms. The van der Waals surface area contributed by atoms with Gasteiger partial charge in [0.05, 0.1) is 13.2 Å². The van der Waals surface area contributed by atoms with E-state index in [4.69, 9.17) is 20.1 Å². The van der Waals surface area contributed by atoms with E-state index in [0.717, 1.165) is 0 Å². The van der Waals surface area contributed by atoms with E-state index in [1.807, 2.05) is 0 Å². The van der Waals surface area contributed by atoms with Gasteiger partial charge in [-0.2, -0.15) is 0 Å². The van der Waals surface area contributed by atoms with Crippen LogP contribution in [-0.2, 0) is 4.79 Å². The van der Waals surface area contributed by atoms with E-state index >= 15 is 0 Å². The van der Waals surface area contributed by atoms with Gasteiger partial charge in [-0.25, -0.2) is 0 Å². The maximum absolute atomic E-state index is 9.06. The van der Waals surface area contributed by atoms with Crippen molar-refractivity contribution in [2.75, 3.05) is 20.3 Å². The molecule has 10 heavy (non-hydrogen) atoms. The van der Waals surface area contributed by atoms with Crippen molar-refractivity contribution in [3.05, 3.63) is 0 Å². The fourth-order valence-electron chi connectivity index (χ4n) is 0.0577. The van der Waals surface area contributed by atoms with E-state index in [0.29, 0.717) is 6.41 Å². The molecule has 5 heteroatoms. The number of carbonyl (C=O) groups is 1. The van der Waals surface area contributed by atoms with Crippen LogP contribution in [0.4, 0.5) is 0 Å². The number of hydrogen-bond donors (Lipinski definition) is 4. The zero-order chi connectivity index (χ0) is 8.41. The van der Waals surface area contributed by atoms with Crippen molar-refractivity contribution < 1.29 is 20.1 Å². The van der Waals surface area contributed by atoms with Crippen molar-refractivity contribution >= 4 is 6.41 Å². The first kappa shape index (κ1) is 12.1. The summed E-state index contributed by atoms with van der Waals surface area (Å²) in [5, 5.41) is 26.3. The molecular weight excluding hydrogens is 138 g/mol. The Bertz CT molecular complexity index is 64.7. The Balaban J connectivity index is 0. The van der Waals surface area contributed by atoms with Crippen molar-refractivity contribution in [3.63, 3.8) is 0 Å². The Morgan fingerprint density at radius 1 is 1.50 bits per heavy atom. The van der Waals surface area contributed by atoms with Gasteiger partial charge >= 0.3 is 0 Å². The Morgan fingerprint density at radius 3 is 1.80 bits per heavy atom. The molecule has 0 aromatic heterocycles. The van der Waals surface area contributed by atoms with Gasteiger partial charge in [-0.15, -0.1) is 0 Å². The van der Waals surface area contributed by atoms with Crippen molar-refractivity contribution in [1.82, 2.24) is 5.32 Å². The Kier molecular flexibility index (Phi) is 13.5. The third-order valence-corrected chi connectivity index (χ3v) is 0.539. The number of carbonyl (C=O) groups excluding carboxylic acids is 1. The number of aliphatic hydroxyl groups excluding tert-OH is 3. The molecule has 0 aromatic rings. The molecule has 0 saturated carbocycles. The zero-order valence-electron chi connectivity index (χ0n) is 5.82. The summed E-state index contributed by atoms with van der Waals surface area (Å²) >= 11 is 0. The van der Waals surface area contributed by atoms with E-state index in [9.17, 15) is 0 Å². The van der Waals surface area contributed by atoms with Gasteiger partial charge in [0.15, 0.2) is 0 Å². The molecule has 1 amide bonds. The maximum atomic E-state index is 9.06. The number of amides is 1. The topological polar surface area (TPSA) is 89.8 Å². The van der Waals surface area contributed by atoms with Crippen LogP contribution < -0.4 is 5.32 Å². The molecule has 0 heterocycles. The van der Waals surface area contributed by atoms with Crippen molar-refractivity contribution in [2.45, 2.75) is 6.10 Å². The van der Waals surface area contributed by atoms with Gasteiger partial charge in [-0.3, -0.25) is 4.79 Å². The highest BCUT2D eigenvalue weighted by Gasteiger charge is 1.93. The van der Waals surface area contributed by atoms with Gasteiger partial charge in [-0.05, 0) is 0 Å². The smallest absolute Gasteiger partial charge is 0.206 e. The van der Waals surface area contributed by atoms with Gasteiger partial charge in [0.25, 0.3) is 0 Å². The number of hydrogen-bond acceptors (Lipinski definition) is 4. The quantitative estimate of drug-likeness (QED) is 0.341. The van der Waals surface area contributed by atoms with Gasteiger partial charge in [-0.1, -0.05) is 0 Å². The summed E-state index contributed by atoms with van der Waals surface area (Å²) in [6.45, 7) is -0.729. The van der Waals surface area contributed by atoms with Crippen LogP contribution in [0.1, 0.15) is 0 Å². The zero-order valence-corrected chi connectivity index (χ0v) is 5.82. The minimum absolute atomic E-state index is 0.365. The van der Waals surface area contributed by atoms with Crippen LogP contribution in [0.5, 0.6) is 0 Å². The Hall–Kier alpha value is -0.650. The molecule has 0 fully saturated rings. The highest BCUT2D eigenvalue weighted by atomic mass is 16.3. The van der Waals surface area contributed by atoms with E-state index in [1.165, 1.54) is 0 Å². The van der Waals surface area contributed by atoms with Crippen LogP contribution >= 0.6 is 0 Å². The van der Waals surface area contributed by atoms with Crippen molar-refractivity contribution in [3.8, 4) is 0 Å². The fraction of sp³-hybridized carbons (Fsp3) is 0.800. The van der Waals surface area contributed by atoms with Gasteiger partial charge in [0.2, 0.25) is 6.41 Å². The highest BCUT2D eigenvalue weighted by Crippen LogP contribution is 1.71. The Morgan fingerprint density at radius 2 is 1.80 bits per heavy atom. The lowest BCUT2D eigenvalue weighted by Crippen LogP contribution is -2.15. The molecule has 0 rings (SSSR count). The van der Waals surface area contributed by atoms with E-state index in [2.05, 4.69) is 5.32 Å². The molecule has 0 saturated heterocycles. The lowest BCUT2D eigenvalue weighted by Gasteiger charge is -1.96. The largest absolute Gasteiger partial charge is 0.394 e. The second-order valence-electron chi connectivity index (χ2n) is 1.43. The van der Waals surface area contributed by atoms with Gasteiger partial charge < -0.3 is 20.6 Å². The molecule has 0 aromatic carbocycles. The molecule has 62 valence electrons. The minimum Gasteiger partial charge on any atom is -0.394 e. The van der Waals surface area contributed by atoms with Gasteiger partial charge in [0.1, 0.15) is 6.10 Å². The second kappa shape index (κ2) is 11.2. The molecule has 0 unspecified atom stereocenters. The summed E-state index contributed by atoms with van der Waals surface area (Å²) in [5.74, 6) is 0. The van der Waals surface area contributed by atoms with Crippen molar-refractivity contribution in [2.24, 2.45) is 0 Å². The van der Waals surface area contributed by atoms with Crippen molar-refractivity contribution in [1.29, 1.82) is 0 Å². The lowest BCUT2D eigenvalue weighted by molar-refractivity contribution is -0.109. The average Bonchev–Trinajstić information content (AvgIpc) is 2.03. The molecule has 0 radical (unpaired) electrons. The lowest BCUT2D eigenvalue weighted by atomic mass is 10.4. The number of aliphatic hydroxyl groups is 3. The molecule has 0 aliphatic carbocycles. The normalized spacial score (nSPS) is 8.10. The van der Waals surface area contributed by atoms with Crippen LogP contribution in [0, 0.1) is 0 Å². The predicted octanol–water partition coefficient (Wildman–Crippen LogP) is -2.31. The third kappa shape index (κ3) is 15.7. The second-order valence-corrected chi connectivity index (χ2v) is 1.43. The van der Waals surface area contributed by atoms with E-state index in [-0.39, 0.29) is 13.2 Å². The molecule has 0 aliphatic rings. The summed E-state index contributed by atoms with van der Waals surface area (Å²) in [7, 11) is 1.56. The molecule has 0 atom stereocenters. The molecule has 5 nitrogen and oxygen atoms in total. The Labute approximate surface area is 59.3 Å². The standard InChI is InChI=1S/C3H8O3.C2H5NO/c4-1-3(6)2-5;1-3-2-4/h3-6H,1-2H2;2H,1H3,(H,3,4). The van der Waals surface area contributed by atoms with Gasteiger partial charge in [0, 0.05) is 7.05 Å². The molecule has 0 bridgehead atoms. The summed E-state index contributed by atoms with van der Waals surface area (Å²) < 4.78 is 0. The average molecular weight is 151 g/mol. The van der Waals surface area contributed by atoms with Crippen LogP contribution in [0.2, 0.25) is 0 Å². The number of nitrogens with one attached hydrogen (secondary N) is 1. The van der Waals surface area contributed by atoms with Crippen LogP contribution in [0.3, 0.4) is 0 Å². The molecule has 0 aliphatic heterocycles. The van der Waals surface area contributed by atoms with E-state index < -0.39 is 6.10 Å². The first-order valence-electron chi connectivity index (χ1n) is 2.73. The van der Waals surface area contributed by atoms with Crippen LogP contribution in [0.15, 0.2) is 0 Å². The van der Waals surface area contributed by atoms with Crippen LogP contribution in [0.25, 0.3) is 0 Å². The highest BCUT2D eigenvalue weighted by molar-refractivity contribution is 5.44. The molecule has 4 N–H and O–H groups in total. The van der Waals surface area contributed by atoms with Crippen LogP contribution in [-0.4, -0.2) is 48.1 Å². The minimum atomic E-state index is -0.954. The summed E-state index contributed by atoms with van der Waals surface area (Å²) in [6.07, 6.45) is -0.329. The summed E-state index contributed by atoms with van der Waals surface area (Å²) in [4.78, 5) is 9.06. The summed E-state index contributed by atoms with van der Waals surface area (Å²) in [6, 6.07) is 0. The fourth-order valence-corrected chi connectivity index (χ4v) is 0.0577. The third-order valence-electron chi connectivity index (χ3n) is 0.539. The number of rotatable bonds is 3. The first-order valence-corrected chi connectivity index (χ1v) is 2.73. The maximum Gasteiger partial charge on any atom is 0.206 e. The first-order chi connectivity index (χ1) is 4.72. The summed E-state index contributed by atoms with van der Waals surface area (Å²) in [5.41, 5.74) is 0. The SMILES string of the molecule is CNC=O.OCC(O)CO.